The third-order valence-electron chi connectivity index (χ3n) is 4.61. The summed E-state index contributed by atoms with van der Waals surface area (Å²) in [5.74, 6) is 0.0645. The molecule has 0 spiro atoms. The third kappa shape index (κ3) is 4.47. The Bertz CT molecular complexity index is 757. The number of halogens is 2. The van der Waals surface area contributed by atoms with Gasteiger partial charge in [-0.15, -0.1) is 0 Å². The first-order chi connectivity index (χ1) is 12.0. The number of carbonyl (C=O) groups excluding carboxylic acids is 1. The van der Waals surface area contributed by atoms with Crippen LogP contribution in [0.1, 0.15) is 24.0 Å². The molecular formula is C20H22Cl2N2O. The Morgan fingerprint density at radius 3 is 2.52 bits per heavy atom. The van der Waals surface area contributed by atoms with E-state index in [1.807, 2.05) is 19.2 Å². The molecule has 1 amide bonds. The van der Waals surface area contributed by atoms with Crippen molar-refractivity contribution < 1.29 is 4.79 Å². The van der Waals surface area contributed by atoms with Crippen LogP contribution in [0, 0.1) is 0 Å². The lowest BCUT2D eigenvalue weighted by Crippen LogP contribution is -2.29. The third-order valence-corrected chi connectivity index (χ3v) is 5.35. The number of likely N-dealkylation sites (N-methyl/N-ethyl adjacent to an activating group) is 1. The highest BCUT2D eigenvalue weighted by atomic mass is 35.5. The van der Waals surface area contributed by atoms with Gasteiger partial charge in [0.2, 0.25) is 5.91 Å². The van der Waals surface area contributed by atoms with Gasteiger partial charge in [0, 0.05) is 32.4 Å². The van der Waals surface area contributed by atoms with Gasteiger partial charge in [-0.3, -0.25) is 4.79 Å². The average molecular weight is 377 g/mol. The summed E-state index contributed by atoms with van der Waals surface area (Å²) in [6, 6.07) is 13.7. The molecule has 1 aliphatic rings. The van der Waals surface area contributed by atoms with Gasteiger partial charge in [0.05, 0.1) is 16.5 Å². The Morgan fingerprint density at radius 2 is 1.80 bits per heavy atom. The summed E-state index contributed by atoms with van der Waals surface area (Å²) in [7, 11) is 1.85. The molecule has 5 heteroatoms. The van der Waals surface area contributed by atoms with Gasteiger partial charge >= 0.3 is 0 Å². The van der Waals surface area contributed by atoms with E-state index in [1.165, 1.54) is 24.1 Å². The zero-order valence-corrected chi connectivity index (χ0v) is 15.9. The van der Waals surface area contributed by atoms with Crippen LogP contribution in [0.25, 0.3) is 0 Å². The molecule has 0 aromatic heterocycles. The minimum atomic E-state index is 0.0645. The topological polar surface area (TPSA) is 23.6 Å². The summed E-state index contributed by atoms with van der Waals surface area (Å²) in [5.41, 5.74) is 3.31. The summed E-state index contributed by atoms with van der Waals surface area (Å²) >= 11 is 12.0. The van der Waals surface area contributed by atoms with Gasteiger partial charge in [-0.2, -0.15) is 0 Å². The van der Waals surface area contributed by atoms with Crippen molar-refractivity contribution in [2.24, 2.45) is 0 Å². The molecule has 1 fully saturated rings. The van der Waals surface area contributed by atoms with Crippen LogP contribution >= 0.6 is 23.2 Å². The number of benzene rings is 2. The Kier molecular flexibility index (Phi) is 5.87. The predicted octanol–water partition coefficient (Wildman–Crippen LogP) is 4.79. The Balaban J connectivity index is 1.68. The molecule has 1 saturated heterocycles. The van der Waals surface area contributed by atoms with Gasteiger partial charge in [-0.1, -0.05) is 47.5 Å². The van der Waals surface area contributed by atoms with Crippen LogP contribution in [0.5, 0.6) is 0 Å². The molecule has 1 heterocycles. The Morgan fingerprint density at radius 1 is 1.08 bits per heavy atom. The van der Waals surface area contributed by atoms with E-state index in [-0.39, 0.29) is 5.91 Å². The normalized spacial score (nSPS) is 14.0. The fraction of sp³-hybridized carbons (Fsp3) is 0.350. The molecule has 0 saturated carbocycles. The van der Waals surface area contributed by atoms with Crippen molar-refractivity contribution >= 4 is 34.8 Å². The molecule has 3 nitrogen and oxygen atoms in total. The second-order valence-electron chi connectivity index (χ2n) is 6.50. The van der Waals surface area contributed by atoms with Crippen molar-refractivity contribution in [1.82, 2.24) is 4.90 Å². The maximum absolute atomic E-state index is 12.6. The fourth-order valence-electron chi connectivity index (χ4n) is 3.21. The first-order valence-corrected chi connectivity index (χ1v) is 9.31. The van der Waals surface area contributed by atoms with Gasteiger partial charge < -0.3 is 9.80 Å². The standard InChI is InChI=1S/C20H22Cl2N2O/c1-23(20(25)13-15-8-9-17(21)18(22)12-15)14-16-6-2-3-7-19(16)24-10-4-5-11-24/h2-3,6-9,12H,4-5,10-11,13-14H2,1H3. The van der Waals surface area contributed by atoms with Gasteiger partial charge in [0.1, 0.15) is 0 Å². The van der Waals surface area contributed by atoms with Crippen LogP contribution in [-0.2, 0) is 17.8 Å². The van der Waals surface area contributed by atoms with E-state index < -0.39 is 0 Å². The highest BCUT2D eigenvalue weighted by Gasteiger charge is 2.18. The van der Waals surface area contributed by atoms with Crippen molar-refractivity contribution in [2.75, 3.05) is 25.0 Å². The number of hydrogen-bond donors (Lipinski definition) is 0. The lowest BCUT2D eigenvalue weighted by Gasteiger charge is -2.24. The van der Waals surface area contributed by atoms with Crippen LogP contribution in [0.3, 0.4) is 0 Å². The minimum Gasteiger partial charge on any atom is -0.371 e. The van der Waals surface area contributed by atoms with Crippen LogP contribution in [0.15, 0.2) is 42.5 Å². The molecule has 2 aromatic carbocycles. The number of carbonyl (C=O) groups is 1. The van der Waals surface area contributed by atoms with E-state index in [2.05, 4.69) is 23.1 Å². The fourth-order valence-corrected chi connectivity index (χ4v) is 3.53. The van der Waals surface area contributed by atoms with Crippen LogP contribution in [0.2, 0.25) is 10.0 Å². The van der Waals surface area contributed by atoms with E-state index in [0.29, 0.717) is 23.0 Å². The maximum Gasteiger partial charge on any atom is 0.227 e. The van der Waals surface area contributed by atoms with Crippen molar-refractivity contribution in [3.63, 3.8) is 0 Å². The first kappa shape index (κ1) is 18.1. The van der Waals surface area contributed by atoms with Crippen molar-refractivity contribution in [3.05, 3.63) is 63.6 Å². The zero-order chi connectivity index (χ0) is 17.8. The average Bonchev–Trinajstić information content (AvgIpc) is 3.13. The van der Waals surface area contributed by atoms with E-state index in [4.69, 9.17) is 23.2 Å². The molecule has 132 valence electrons. The van der Waals surface area contributed by atoms with Gasteiger partial charge in [-0.25, -0.2) is 0 Å². The second kappa shape index (κ2) is 8.11. The summed E-state index contributed by atoms with van der Waals surface area (Å²) in [6.45, 7) is 2.79. The number of nitrogens with zero attached hydrogens (tertiary/aromatic N) is 2. The lowest BCUT2D eigenvalue weighted by molar-refractivity contribution is -0.129. The molecule has 1 aliphatic heterocycles. The molecule has 0 unspecified atom stereocenters. The smallest absolute Gasteiger partial charge is 0.227 e. The van der Waals surface area contributed by atoms with E-state index in [0.717, 1.165) is 18.7 Å². The predicted molar refractivity (Wildman–Crippen MR) is 105 cm³/mol. The van der Waals surface area contributed by atoms with Crippen LogP contribution < -0.4 is 4.90 Å². The summed E-state index contributed by atoms with van der Waals surface area (Å²) in [6.07, 6.45) is 2.79. The minimum absolute atomic E-state index is 0.0645. The first-order valence-electron chi connectivity index (χ1n) is 8.55. The molecule has 0 aliphatic carbocycles. The number of para-hydroxylation sites is 1. The van der Waals surface area contributed by atoms with Crippen molar-refractivity contribution in [3.8, 4) is 0 Å². The van der Waals surface area contributed by atoms with Crippen LogP contribution in [0.4, 0.5) is 5.69 Å². The van der Waals surface area contributed by atoms with Gasteiger partial charge in [-0.05, 0) is 42.2 Å². The zero-order valence-electron chi connectivity index (χ0n) is 14.3. The monoisotopic (exact) mass is 376 g/mol. The lowest BCUT2D eigenvalue weighted by atomic mass is 10.1. The van der Waals surface area contributed by atoms with Crippen molar-refractivity contribution in [2.45, 2.75) is 25.8 Å². The highest BCUT2D eigenvalue weighted by Crippen LogP contribution is 2.26. The summed E-state index contributed by atoms with van der Waals surface area (Å²) < 4.78 is 0. The number of anilines is 1. The quantitative estimate of drug-likeness (QED) is 0.748. The number of rotatable bonds is 5. The number of hydrogen-bond acceptors (Lipinski definition) is 2. The largest absolute Gasteiger partial charge is 0.371 e. The molecule has 3 rings (SSSR count). The molecule has 25 heavy (non-hydrogen) atoms. The van der Waals surface area contributed by atoms with E-state index >= 15 is 0 Å². The Hall–Kier alpha value is -1.71. The summed E-state index contributed by atoms with van der Waals surface area (Å²) in [5, 5.41) is 0.986. The van der Waals surface area contributed by atoms with Crippen molar-refractivity contribution in [1.29, 1.82) is 0 Å². The highest BCUT2D eigenvalue weighted by molar-refractivity contribution is 6.42. The molecule has 0 atom stereocenters. The van der Waals surface area contributed by atoms with Gasteiger partial charge in [0.15, 0.2) is 0 Å². The number of amides is 1. The molecule has 2 aromatic rings. The van der Waals surface area contributed by atoms with Gasteiger partial charge in [0.25, 0.3) is 0 Å². The molecule has 0 N–H and O–H groups in total. The second-order valence-corrected chi connectivity index (χ2v) is 7.31. The van der Waals surface area contributed by atoms with Crippen LogP contribution in [-0.4, -0.2) is 30.9 Å². The molecular weight excluding hydrogens is 355 g/mol. The van der Waals surface area contributed by atoms with E-state index in [1.54, 1.807) is 17.0 Å². The Labute approximate surface area is 159 Å². The molecule has 0 radical (unpaired) electrons. The maximum atomic E-state index is 12.6. The summed E-state index contributed by atoms with van der Waals surface area (Å²) in [4.78, 5) is 16.8. The SMILES string of the molecule is CN(Cc1ccccc1N1CCCC1)C(=O)Cc1ccc(Cl)c(Cl)c1. The van der Waals surface area contributed by atoms with E-state index in [9.17, 15) is 4.79 Å². The molecule has 0 bridgehead atoms.